The van der Waals surface area contributed by atoms with Crippen molar-refractivity contribution < 1.29 is 9.47 Å². The molecular formula is C18H24N4O2. The molecule has 0 aliphatic rings. The smallest absolute Gasteiger partial charge is 0.224 e. The number of aromatic nitrogens is 2. The van der Waals surface area contributed by atoms with Gasteiger partial charge in [0.05, 0.1) is 14.2 Å². The van der Waals surface area contributed by atoms with Gasteiger partial charge in [0.15, 0.2) is 11.5 Å². The molecule has 0 aliphatic carbocycles. The first-order valence-electron chi connectivity index (χ1n) is 7.72. The van der Waals surface area contributed by atoms with Crippen molar-refractivity contribution in [1.29, 1.82) is 0 Å². The number of nitrogens with zero attached hydrogens (tertiary/aromatic N) is 2. The molecule has 128 valence electrons. The summed E-state index contributed by atoms with van der Waals surface area (Å²) in [6, 6.07) is 7.43. The molecule has 0 amide bonds. The molecule has 0 saturated heterocycles. The maximum atomic E-state index is 5.31. The summed E-state index contributed by atoms with van der Waals surface area (Å²) in [5.74, 6) is 2.63. The van der Waals surface area contributed by atoms with Crippen molar-refractivity contribution in [1.82, 2.24) is 9.97 Å². The van der Waals surface area contributed by atoms with E-state index in [-0.39, 0.29) is 0 Å². The van der Waals surface area contributed by atoms with E-state index in [0.717, 1.165) is 12.2 Å². The number of allylic oxidation sites excluding steroid dienone is 1. The quantitative estimate of drug-likeness (QED) is 0.749. The normalized spacial score (nSPS) is 10.0. The number of hydrogen-bond donors (Lipinski definition) is 2. The Bertz CT molecular complexity index is 725. The van der Waals surface area contributed by atoms with Gasteiger partial charge < -0.3 is 20.1 Å². The molecule has 0 unspecified atom stereocenters. The summed E-state index contributed by atoms with van der Waals surface area (Å²) in [6.45, 7) is 7.00. The molecule has 0 fully saturated rings. The van der Waals surface area contributed by atoms with Crippen LogP contribution in [0.4, 0.5) is 17.5 Å². The Morgan fingerprint density at radius 3 is 2.46 bits per heavy atom. The number of hydrogen-bond acceptors (Lipinski definition) is 6. The summed E-state index contributed by atoms with van der Waals surface area (Å²) >= 11 is 0. The van der Waals surface area contributed by atoms with Crippen molar-refractivity contribution >= 4 is 17.5 Å². The Morgan fingerprint density at radius 2 is 1.79 bits per heavy atom. The zero-order chi connectivity index (χ0) is 17.5. The van der Waals surface area contributed by atoms with Gasteiger partial charge in [0, 0.05) is 24.5 Å². The van der Waals surface area contributed by atoms with Gasteiger partial charge in [-0.3, -0.25) is 0 Å². The molecule has 6 heteroatoms. The summed E-state index contributed by atoms with van der Waals surface area (Å²) < 4.78 is 10.6. The van der Waals surface area contributed by atoms with Crippen LogP contribution in [0.15, 0.2) is 41.6 Å². The molecule has 0 bridgehead atoms. The summed E-state index contributed by atoms with van der Waals surface area (Å²) in [7, 11) is 3.22. The monoisotopic (exact) mass is 328 g/mol. The van der Waals surface area contributed by atoms with Crippen LogP contribution in [0.1, 0.15) is 20.8 Å². The molecule has 0 saturated carbocycles. The lowest BCUT2D eigenvalue weighted by Crippen LogP contribution is -2.08. The van der Waals surface area contributed by atoms with Gasteiger partial charge in [0.2, 0.25) is 5.95 Å². The largest absolute Gasteiger partial charge is 0.493 e. The fourth-order valence-corrected chi connectivity index (χ4v) is 1.96. The van der Waals surface area contributed by atoms with Crippen molar-refractivity contribution in [2.24, 2.45) is 0 Å². The Balaban J connectivity index is 2.10. The minimum absolute atomic E-state index is 0.584. The number of anilines is 3. The topological polar surface area (TPSA) is 68.3 Å². The number of ether oxygens (including phenoxy) is 2. The highest BCUT2D eigenvalue weighted by Crippen LogP contribution is 2.30. The van der Waals surface area contributed by atoms with E-state index in [1.54, 1.807) is 20.4 Å². The number of benzene rings is 1. The van der Waals surface area contributed by atoms with Crippen LogP contribution in [-0.2, 0) is 0 Å². The first-order valence-corrected chi connectivity index (χ1v) is 7.72. The van der Waals surface area contributed by atoms with E-state index in [9.17, 15) is 0 Å². The minimum Gasteiger partial charge on any atom is -0.493 e. The molecule has 0 radical (unpaired) electrons. The second-order valence-corrected chi connectivity index (χ2v) is 5.59. The lowest BCUT2D eigenvalue weighted by atomic mass is 10.2. The van der Waals surface area contributed by atoms with Crippen molar-refractivity contribution in [2.75, 3.05) is 31.4 Å². The zero-order valence-corrected chi connectivity index (χ0v) is 14.8. The molecule has 0 spiro atoms. The second kappa shape index (κ2) is 8.19. The van der Waals surface area contributed by atoms with Crippen LogP contribution in [0.2, 0.25) is 0 Å². The Kier molecular flexibility index (Phi) is 6.01. The first kappa shape index (κ1) is 17.6. The van der Waals surface area contributed by atoms with E-state index < -0.39 is 0 Å². The number of methoxy groups -OCH3 is 2. The van der Waals surface area contributed by atoms with Crippen LogP contribution in [0.3, 0.4) is 0 Å². The van der Waals surface area contributed by atoms with Crippen LogP contribution < -0.4 is 20.1 Å². The molecule has 0 aliphatic heterocycles. The van der Waals surface area contributed by atoms with Gasteiger partial charge in [0.1, 0.15) is 5.82 Å². The maximum Gasteiger partial charge on any atom is 0.224 e. The summed E-state index contributed by atoms with van der Waals surface area (Å²) in [5, 5.41) is 6.47. The van der Waals surface area contributed by atoms with Crippen LogP contribution in [-0.4, -0.2) is 30.7 Å². The predicted octanol–water partition coefficient (Wildman–Crippen LogP) is 4.01. The average Bonchev–Trinajstić information content (AvgIpc) is 2.59. The minimum atomic E-state index is 0.584. The highest BCUT2D eigenvalue weighted by Gasteiger charge is 2.06. The van der Waals surface area contributed by atoms with E-state index in [2.05, 4.69) is 41.4 Å². The molecule has 24 heavy (non-hydrogen) atoms. The fourth-order valence-electron chi connectivity index (χ4n) is 1.96. The summed E-state index contributed by atoms with van der Waals surface area (Å²) in [5.41, 5.74) is 3.43. The van der Waals surface area contributed by atoms with Gasteiger partial charge in [-0.05, 0) is 39.0 Å². The van der Waals surface area contributed by atoms with Crippen molar-refractivity contribution in [3.05, 3.63) is 41.6 Å². The Hall–Kier alpha value is -2.76. The molecule has 6 nitrogen and oxygen atoms in total. The Morgan fingerprint density at radius 1 is 1.04 bits per heavy atom. The van der Waals surface area contributed by atoms with Crippen molar-refractivity contribution in [2.45, 2.75) is 20.8 Å². The first-order chi connectivity index (χ1) is 11.5. The van der Waals surface area contributed by atoms with Gasteiger partial charge in [-0.2, -0.15) is 4.98 Å². The fraction of sp³-hybridized carbons (Fsp3) is 0.333. The molecule has 2 N–H and O–H groups in total. The molecule has 2 rings (SSSR count). The van der Waals surface area contributed by atoms with Crippen molar-refractivity contribution in [3.8, 4) is 11.5 Å². The lowest BCUT2D eigenvalue weighted by Gasteiger charge is -2.12. The Labute approximate surface area is 142 Å². The number of nitrogens with one attached hydrogen (secondary N) is 2. The second-order valence-electron chi connectivity index (χ2n) is 5.59. The molecule has 1 aromatic heterocycles. The van der Waals surface area contributed by atoms with E-state index >= 15 is 0 Å². The highest BCUT2D eigenvalue weighted by atomic mass is 16.5. The molecule has 0 atom stereocenters. The maximum absolute atomic E-state index is 5.31. The zero-order valence-electron chi connectivity index (χ0n) is 14.8. The standard InChI is InChI=1S/C18H24N4O2/c1-12(2)13(3)11-20-18-19-9-8-17(22-18)21-14-6-7-15(23-4)16(10-14)24-5/h6-10H,11H2,1-5H3,(H2,19,20,21,22). The molecule has 1 aromatic carbocycles. The van der Waals surface area contributed by atoms with Gasteiger partial charge in [0.25, 0.3) is 0 Å². The molecular weight excluding hydrogens is 304 g/mol. The third-order valence-electron chi connectivity index (χ3n) is 3.68. The molecule has 1 heterocycles. The third kappa shape index (κ3) is 4.62. The van der Waals surface area contributed by atoms with Gasteiger partial charge >= 0.3 is 0 Å². The van der Waals surface area contributed by atoms with Gasteiger partial charge in [-0.15, -0.1) is 0 Å². The van der Waals surface area contributed by atoms with E-state index in [1.165, 1.54) is 11.1 Å². The SMILES string of the molecule is COc1ccc(Nc2ccnc(NCC(C)=C(C)C)n2)cc1OC. The lowest BCUT2D eigenvalue weighted by molar-refractivity contribution is 0.355. The van der Waals surface area contributed by atoms with E-state index in [1.807, 2.05) is 24.3 Å². The van der Waals surface area contributed by atoms with Crippen LogP contribution >= 0.6 is 0 Å². The summed E-state index contributed by atoms with van der Waals surface area (Å²) in [4.78, 5) is 8.71. The molecule has 2 aromatic rings. The van der Waals surface area contributed by atoms with Crippen molar-refractivity contribution in [3.63, 3.8) is 0 Å². The van der Waals surface area contributed by atoms with Gasteiger partial charge in [-0.1, -0.05) is 11.1 Å². The summed E-state index contributed by atoms with van der Waals surface area (Å²) in [6.07, 6.45) is 1.72. The van der Waals surface area contributed by atoms with Crippen LogP contribution in [0, 0.1) is 0 Å². The highest BCUT2D eigenvalue weighted by molar-refractivity contribution is 5.61. The van der Waals surface area contributed by atoms with E-state index in [4.69, 9.17) is 9.47 Å². The van der Waals surface area contributed by atoms with Crippen LogP contribution in [0.25, 0.3) is 0 Å². The van der Waals surface area contributed by atoms with Gasteiger partial charge in [-0.25, -0.2) is 4.98 Å². The average molecular weight is 328 g/mol. The van der Waals surface area contributed by atoms with E-state index in [0.29, 0.717) is 23.3 Å². The predicted molar refractivity (Wildman–Crippen MR) is 97.4 cm³/mol. The third-order valence-corrected chi connectivity index (χ3v) is 3.68. The number of rotatable bonds is 7. The van der Waals surface area contributed by atoms with Crippen LogP contribution in [0.5, 0.6) is 11.5 Å².